The van der Waals surface area contributed by atoms with E-state index in [1.165, 1.54) is 42.1 Å². The van der Waals surface area contributed by atoms with Crippen molar-refractivity contribution in [3.63, 3.8) is 0 Å². The lowest BCUT2D eigenvalue weighted by Crippen LogP contribution is -2.36. The molecule has 108 valence electrons. The number of thiazole rings is 1. The van der Waals surface area contributed by atoms with Gasteiger partial charge in [0.1, 0.15) is 0 Å². The van der Waals surface area contributed by atoms with Crippen LogP contribution in [-0.4, -0.2) is 24.1 Å². The monoisotopic (exact) mass is 281 g/mol. The maximum Gasteiger partial charge on any atom is 0.185 e. The molecule has 1 N–H and O–H groups in total. The Morgan fingerprint density at radius 1 is 1.37 bits per heavy atom. The number of rotatable bonds is 6. The van der Waals surface area contributed by atoms with Crippen LogP contribution in [-0.2, 0) is 0 Å². The lowest BCUT2D eigenvalue weighted by Gasteiger charge is -2.33. The second-order valence-corrected chi connectivity index (χ2v) is 6.44. The van der Waals surface area contributed by atoms with Gasteiger partial charge in [-0.05, 0) is 33.2 Å². The molecule has 0 saturated heterocycles. The smallest absolute Gasteiger partial charge is 0.185 e. The highest BCUT2D eigenvalue weighted by atomic mass is 32.1. The summed E-state index contributed by atoms with van der Waals surface area (Å²) in [5, 5.41) is 4.68. The molecule has 0 aliphatic heterocycles. The Morgan fingerprint density at radius 2 is 2.11 bits per heavy atom. The number of nitrogens with zero attached hydrogens (tertiary/aromatic N) is 2. The molecule has 1 fully saturated rings. The average Bonchev–Trinajstić information content (AvgIpc) is 2.91. The Bertz CT molecular complexity index is 371. The second kappa shape index (κ2) is 7.25. The van der Waals surface area contributed by atoms with Crippen LogP contribution < -0.4 is 10.2 Å². The van der Waals surface area contributed by atoms with Crippen LogP contribution in [0.1, 0.15) is 63.8 Å². The molecule has 0 radical (unpaired) electrons. The van der Waals surface area contributed by atoms with E-state index in [4.69, 9.17) is 0 Å². The van der Waals surface area contributed by atoms with Gasteiger partial charge in [-0.3, -0.25) is 0 Å². The summed E-state index contributed by atoms with van der Waals surface area (Å²) < 4.78 is 0. The van der Waals surface area contributed by atoms with Crippen molar-refractivity contribution < 1.29 is 0 Å². The molecule has 0 spiro atoms. The van der Waals surface area contributed by atoms with Crippen LogP contribution in [0.15, 0.2) is 6.20 Å². The van der Waals surface area contributed by atoms with Crippen molar-refractivity contribution in [2.75, 3.05) is 18.0 Å². The van der Waals surface area contributed by atoms with Gasteiger partial charge < -0.3 is 10.2 Å². The molecule has 2 rings (SSSR count). The van der Waals surface area contributed by atoms with Gasteiger partial charge in [0.2, 0.25) is 0 Å². The van der Waals surface area contributed by atoms with Crippen LogP contribution in [0.5, 0.6) is 0 Å². The van der Waals surface area contributed by atoms with Crippen LogP contribution in [0.2, 0.25) is 0 Å². The number of anilines is 1. The highest BCUT2D eigenvalue weighted by molar-refractivity contribution is 7.15. The standard InChI is InChI=1S/C15H27N3S/c1-4-16-12(3)14-11-17-15(19-14)18(5-2)13-9-7-6-8-10-13/h11-13,16H,4-10H2,1-3H3. The predicted molar refractivity (Wildman–Crippen MR) is 84.1 cm³/mol. The Hall–Kier alpha value is -0.610. The molecule has 1 atom stereocenters. The molecular formula is C15H27N3S. The molecule has 4 heteroatoms. The minimum absolute atomic E-state index is 0.418. The molecule has 0 aromatic carbocycles. The summed E-state index contributed by atoms with van der Waals surface area (Å²) in [7, 11) is 0. The van der Waals surface area contributed by atoms with Gasteiger partial charge in [-0.2, -0.15) is 0 Å². The van der Waals surface area contributed by atoms with E-state index in [2.05, 4.69) is 42.2 Å². The summed E-state index contributed by atoms with van der Waals surface area (Å²) in [4.78, 5) is 8.54. The molecule has 1 saturated carbocycles. The van der Waals surface area contributed by atoms with Gasteiger partial charge in [-0.25, -0.2) is 4.98 Å². The fourth-order valence-corrected chi connectivity index (χ4v) is 4.04. The molecule has 1 unspecified atom stereocenters. The lowest BCUT2D eigenvalue weighted by atomic mass is 9.94. The van der Waals surface area contributed by atoms with E-state index < -0.39 is 0 Å². The summed E-state index contributed by atoms with van der Waals surface area (Å²) in [6, 6.07) is 1.13. The highest BCUT2D eigenvalue weighted by Gasteiger charge is 2.22. The minimum atomic E-state index is 0.418. The Balaban J connectivity index is 2.06. The van der Waals surface area contributed by atoms with Crippen LogP contribution >= 0.6 is 11.3 Å². The molecule has 3 nitrogen and oxygen atoms in total. The van der Waals surface area contributed by atoms with Crippen molar-refractivity contribution in [3.05, 3.63) is 11.1 Å². The molecule has 1 aromatic heterocycles. The molecule has 1 aliphatic carbocycles. The number of hydrogen-bond acceptors (Lipinski definition) is 4. The second-order valence-electron chi connectivity index (χ2n) is 5.40. The normalized spacial score (nSPS) is 18.5. The third-order valence-corrected chi connectivity index (χ3v) is 5.27. The fourth-order valence-electron chi connectivity index (χ4n) is 2.96. The summed E-state index contributed by atoms with van der Waals surface area (Å²) in [5.41, 5.74) is 0. The van der Waals surface area contributed by atoms with Crippen LogP contribution in [0.3, 0.4) is 0 Å². The summed E-state index contributed by atoms with van der Waals surface area (Å²) in [5.74, 6) is 0. The van der Waals surface area contributed by atoms with Crippen LogP contribution in [0.25, 0.3) is 0 Å². The Morgan fingerprint density at radius 3 is 2.74 bits per heavy atom. The zero-order valence-corrected chi connectivity index (χ0v) is 13.3. The fraction of sp³-hybridized carbons (Fsp3) is 0.800. The van der Waals surface area contributed by atoms with Crippen molar-refractivity contribution in [1.82, 2.24) is 10.3 Å². The summed E-state index contributed by atoms with van der Waals surface area (Å²) in [6.07, 6.45) is 8.91. The van der Waals surface area contributed by atoms with Gasteiger partial charge in [0.05, 0.1) is 0 Å². The SMILES string of the molecule is CCNC(C)c1cnc(N(CC)C2CCCCC2)s1. The lowest BCUT2D eigenvalue weighted by molar-refractivity contribution is 0.418. The van der Waals surface area contributed by atoms with Gasteiger partial charge in [-0.15, -0.1) is 11.3 Å². The average molecular weight is 281 g/mol. The molecule has 1 aromatic rings. The quantitative estimate of drug-likeness (QED) is 0.855. The maximum absolute atomic E-state index is 4.67. The molecule has 1 heterocycles. The zero-order valence-electron chi connectivity index (χ0n) is 12.5. The van der Waals surface area contributed by atoms with Crippen LogP contribution in [0, 0.1) is 0 Å². The van der Waals surface area contributed by atoms with Gasteiger partial charge in [0, 0.05) is 29.7 Å². The summed E-state index contributed by atoms with van der Waals surface area (Å²) >= 11 is 1.86. The maximum atomic E-state index is 4.67. The van der Waals surface area contributed by atoms with E-state index in [9.17, 15) is 0 Å². The zero-order chi connectivity index (χ0) is 13.7. The van der Waals surface area contributed by atoms with E-state index in [-0.39, 0.29) is 0 Å². The van der Waals surface area contributed by atoms with Crippen molar-refractivity contribution >= 4 is 16.5 Å². The minimum Gasteiger partial charge on any atom is -0.345 e. The molecule has 1 aliphatic rings. The first-order valence-corrected chi connectivity index (χ1v) is 8.53. The first-order valence-electron chi connectivity index (χ1n) is 7.72. The molecule has 19 heavy (non-hydrogen) atoms. The van der Waals surface area contributed by atoms with E-state index in [0.717, 1.165) is 13.1 Å². The highest BCUT2D eigenvalue weighted by Crippen LogP contribution is 2.32. The predicted octanol–water partition coefficient (Wildman–Crippen LogP) is 3.97. The van der Waals surface area contributed by atoms with E-state index in [1.807, 2.05) is 11.3 Å². The molecule has 0 bridgehead atoms. The number of nitrogens with one attached hydrogen (secondary N) is 1. The van der Waals surface area contributed by atoms with Crippen molar-refractivity contribution in [1.29, 1.82) is 0 Å². The Labute approximate surface area is 121 Å². The topological polar surface area (TPSA) is 28.2 Å². The van der Waals surface area contributed by atoms with Crippen molar-refractivity contribution in [3.8, 4) is 0 Å². The van der Waals surface area contributed by atoms with Gasteiger partial charge in [-0.1, -0.05) is 26.2 Å². The van der Waals surface area contributed by atoms with Gasteiger partial charge >= 0.3 is 0 Å². The van der Waals surface area contributed by atoms with Crippen molar-refractivity contribution in [2.45, 2.75) is 65.0 Å². The molecule has 0 amide bonds. The first-order chi connectivity index (χ1) is 9.26. The van der Waals surface area contributed by atoms with Crippen LogP contribution in [0.4, 0.5) is 5.13 Å². The summed E-state index contributed by atoms with van der Waals surface area (Å²) in [6.45, 7) is 8.71. The number of aromatic nitrogens is 1. The third kappa shape index (κ3) is 3.69. The van der Waals surface area contributed by atoms with Crippen molar-refractivity contribution in [2.24, 2.45) is 0 Å². The van der Waals surface area contributed by atoms with E-state index in [1.54, 1.807) is 0 Å². The largest absolute Gasteiger partial charge is 0.345 e. The Kier molecular flexibility index (Phi) is 5.64. The van der Waals surface area contributed by atoms with E-state index in [0.29, 0.717) is 12.1 Å². The first kappa shape index (κ1) is 14.8. The third-order valence-electron chi connectivity index (χ3n) is 4.05. The van der Waals surface area contributed by atoms with E-state index >= 15 is 0 Å². The number of hydrogen-bond donors (Lipinski definition) is 1. The van der Waals surface area contributed by atoms with Gasteiger partial charge in [0.25, 0.3) is 0 Å². The molecular weight excluding hydrogens is 254 g/mol. The van der Waals surface area contributed by atoms with Gasteiger partial charge in [0.15, 0.2) is 5.13 Å².